The molecule has 4 unspecified atom stereocenters. The van der Waals surface area contributed by atoms with Crippen molar-refractivity contribution < 1.29 is 4.74 Å². The smallest absolute Gasteiger partial charge is 0.128 e. The Bertz CT molecular complexity index is 1020. The largest absolute Gasteiger partial charge is 0.370 e. The molecule has 6 rings (SSSR count). The lowest BCUT2D eigenvalue weighted by molar-refractivity contribution is -0.0370. The molecule has 4 aliphatic rings. The number of pyridine rings is 2. The number of piperazine rings is 1. The molecule has 7 nitrogen and oxygen atoms in total. The lowest BCUT2D eigenvalue weighted by Crippen LogP contribution is -2.50. The molecule has 0 spiro atoms. The summed E-state index contributed by atoms with van der Waals surface area (Å²) in [4.78, 5) is 14.1. The summed E-state index contributed by atoms with van der Waals surface area (Å²) in [7, 11) is 0. The molecule has 0 radical (unpaired) electrons. The Morgan fingerprint density at radius 2 is 1.89 bits per heavy atom. The second-order valence-corrected chi connectivity index (χ2v) is 11.3. The van der Waals surface area contributed by atoms with Gasteiger partial charge in [-0.3, -0.25) is 15.3 Å². The van der Waals surface area contributed by atoms with E-state index in [2.05, 4.69) is 44.0 Å². The predicted molar refractivity (Wildman–Crippen MR) is 139 cm³/mol. The third kappa shape index (κ3) is 4.79. The summed E-state index contributed by atoms with van der Waals surface area (Å²) in [5, 5.41) is 1.11. The lowest BCUT2D eigenvalue weighted by Gasteiger charge is -2.38. The molecule has 35 heavy (non-hydrogen) atoms. The average Bonchev–Trinajstić information content (AvgIpc) is 3.50. The maximum atomic E-state index is 6.49. The molecule has 0 amide bonds. The second kappa shape index (κ2) is 10.1. The molecule has 4 fully saturated rings. The van der Waals surface area contributed by atoms with Gasteiger partial charge in [-0.15, -0.1) is 0 Å². The Kier molecular flexibility index (Phi) is 6.90. The summed E-state index contributed by atoms with van der Waals surface area (Å²) in [6.45, 7) is 6.61. The molecule has 3 saturated heterocycles. The summed E-state index contributed by atoms with van der Waals surface area (Å²) in [5.74, 6) is 1.55. The zero-order valence-corrected chi connectivity index (χ0v) is 21.7. The van der Waals surface area contributed by atoms with Gasteiger partial charge in [0.1, 0.15) is 5.82 Å². The standard InChI is InChI=1S/C26H34Cl2N6O/c1-16(25-21(27)13-29-14-22(25)28)35-19-5-6-23-20(11-19)26(32-31-23)17-4-7-24(30-12-17)34-10-9-33-8-2-3-18(33)15-34/h4,7,12-14,16,18-20,23,26,31-32H,2-3,5-6,8-11,15H2,1H3/t16-,18-,19?,20?,23?,26?/m1/s1. The Morgan fingerprint density at radius 1 is 1.03 bits per heavy atom. The van der Waals surface area contributed by atoms with Crippen molar-refractivity contribution in [2.45, 2.75) is 69.4 Å². The number of fused-ring (bicyclic) bond motifs is 2. The molecule has 2 aromatic rings. The zero-order chi connectivity index (χ0) is 23.9. The first-order valence-corrected chi connectivity index (χ1v) is 13.7. The topological polar surface area (TPSA) is 65.6 Å². The number of nitrogens with zero attached hydrogens (tertiary/aromatic N) is 4. The van der Waals surface area contributed by atoms with Crippen LogP contribution in [0.4, 0.5) is 5.82 Å². The minimum absolute atomic E-state index is 0.158. The van der Waals surface area contributed by atoms with E-state index in [0.717, 1.165) is 50.3 Å². The van der Waals surface area contributed by atoms with Crippen LogP contribution in [0, 0.1) is 5.92 Å². The van der Waals surface area contributed by atoms with Crippen molar-refractivity contribution in [3.05, 3.63) is 51.9 Å². The van der Waals surface area contributed by atoms with Gasteiger partial charge < -0.3 is 9.64 Å². The van der Waals surface area contributed by atoms with Gasteiger partial charge in [-0.1, -0.05) is 29.3 Å². The SMILES string of the molecule is C[C@@H](OC1CCC2NNC(c3ccc(N4CCN5CCC[C@@H]5C4)nc3)C2C1)c1c(Cl)cncc1Cl. The van der Waals surface area contributed by atoms with Crippen LogP contribution in [0.25, 0.3) is 0 Å². The van der Waals surface area contributed by atoms with Crippen molar-refractivity contribution in [3.63, 3.8) is 0 Å². The van der Waals surface area contributed by atoms with E-state index in [-0.39, 0.29) is 18.2 Å². The Labute approximate surface area is 217 Å². The Hall–Kier alpha value is -1.48. The van der Waals surface area contributed by atoms with E-state index in [1.54, 1.807) is 12.4 Å². The molecular weight excluding hydrogens is 483 g/mol. The van der Waals surface area contributed by atoms with E-state index in [1.807, 2.05) is 6.92 Å². The minimum atomic E-state index is -0.179. The quantitative estimate of drug-likeness (QED) is 0.604. The Morgan fingerprint density at radius 3 is 2.69 bits per heavy atom. The highest BCUT2D eigenvalue weighted by Crippen LogP contribution is 2.41. The number of ether oxygens (including phenoxy) is 1. The van der Waals surface area contributed by atoms with Gasteiger partial charge in [0, 0.05) is 55.9 Å². The number of rotatable bonds is 5. The van der Waals surface area contributed by atoms with E-state index in [1.165, 1.54) is 24.9 Å². The molecule has 1 saturated carbocycles. The fourth-order valence-corrected chi connectivity index (χ4v) is 7.28. The van der Waals surface area contributed by atoms with Gasteiger partial charge >= 0.3 is 0 Å². The van der Waals surface area contributed by atoms with E-state index in [0.29, 0.717) is 28.0 Å². The normalized spacial score (nSPS) is 31.9. The zero-order valence-electron chi connectivity index (χ0n) is 20.2. The second-order valence-electron chi connectivity index (χ2n) is 10.5. The molecule has 0 bridgehead atoms. The number of hydrogen-bond donors (Lipinski definition) is 2. The first-order valence-electron chi connectivity index (χ1n) is 13.0. The molecule has 2 N–H and O–H groups in total. The van der Waals surface area contributed by atoms with Gasteiger partial charge in [-0.05, 0) is 63.1 Å². The third-order valence-corrected chi connectivity index (χ3v) is 9.04. The molecule has 9 heteroatoms. The van der Waals surface area contributed by atoms with Crippen LogP contribution >= 0.6 is 23.2 Å². The van der Waals surface area contributed by atoms with E-state index >= 15 is 0 Å². The van der Waals surface area contributed by atoms with Crippen LogP contribution in [0.5, 0.6) is 0 Å². The summed E-state index contributed by atoms with van der Waals surface area (Å²) in [6, 6.07) is 5.84. The molecular formula is C26H34Cl2N6O. The average molecular weight is 518 g/mol. The highest BCUT2D eigenvalue weighted by atomic mass is 35.5. The fourth-order valence-electron chi connectivity index (χ4n) is 6.60. The molecule has 188 valence electrons. The molecule has 5 heterocycles. The van der Waals surface area contributed by atoms with Crippen LogP contribution in [0.1, 0.15) is 62.3 Å². The van der Waals surface area contributed by atoms with Gasteiger partial charge in [0.05, 0.1) is 28.3 Å². The molecule has 0 aromatic carbocycles. The van der Waals surface area contributed by atoms with Crippen LogP contribution in [-0.4, -0.2) is 59.2 Å². The fraction of sp³-hybridized carbons (Fsp3) is 0.615. The number of hydrazine groups is 1. The van der Waals surface area contributed by atoms with Crippen LogP contribution in [0.15, 0.2) is 30.7 Å². The minimum Gasteiger partial charge on any atom is -0.370 e. The predicted octanol–water partition coefficient (Wildman–Crippen LogP) is 4.53. The van der Waals surface area contributed by atoms with Crippen LogP contribution in [-0.2, 0) is 4.74 Å². The van der Waals surface area contributed by atoms with Gasteiger partial charge in [0.2, 0.25) is 0 Å². The molecule has 2 aromatic heterocycles. The van der Waals surface area contributed by atoms with Crippen LogP contribution in [0.2, 0.25) is 10.0 Å². The molecule has 1 aliphatic carbocycles. The monoisotopic (exact) mass is 516 g/mol. The van der Waals surface area contributed by atoms with Gasteiger partial charge in [0.25, 0.3) is 0 Å². The van der Waals surface area contributed by atoms with Crippen molar-refractivity contribution in [1.29, 1.82) is 0 Å². The number of anilines is 1. The summed E-state index contributed by atoms with van der Waals surface area (Å²) >= 11 is 12.7. The molecule has 6 atom stereocenters. The maximum absolute atomic E-state index is 6.49. The Balaban J connectivity index is 1.11. The highest BCUT2D eigenvalue weighted by molar-refractivity contribution is 6.35. The number of halogens is 2. The van der Waals surface area contributed by atoms with Gasteiger partial charge in [0.15, 0.2) is 0 Å². The summed E-state index contributed by atoms with van der Waals surface area (Å²) in [6.07, 6.45) is 11.0. The van der Waals surface area contributed by atoms with Crippen molar-refractivity contribution in [2.24, 2.45) is 5.92 Å². The van der Waals surface area contributed by atoms with Crippen molar-refractivity contribution in [2.75, 3.05) is 31.1 Å². The van der Waals surface area contributed by atoms with Crippen molar-refractivity contribution in [1.82, 2.24) is 25.7 Å². The van der Waals surface area contributed by atoms with Gasteiger partial charge in [-0.25, -0.2) is 10.4 Å². The molecule has 3 aliphatic heterocycles. The van der Waals surface area contributed by atoms with Crippen LogP contribution in [0.3, 0.4) is 0 Å². The summed E-state index contributed by atoms with van der Waals surface area (Å²) < 4.78 is 6.49. The highest BCUT2D eigenvalue weighted by Gasteiger charge is 2.42. The maximum Gasteiger partial charge on any atom is 0.128 e. The van der Waals surface area contributed by atoms with Crippen molar-refractivity contribution in [3.8, 4) is 0 Å². The number of nitrogens with one attached hydrogen (secondary N) is 2. The summed E-state index contributed by atoms with van der Waals surface area (Å²) in [5.41, 5.74) is 9.15. The van der Waals surface area contributed by atoms with E-state index < -0.39 is 0 Å². The van der Waals surface area contributed by atoms with E-state index in [4.69, 9.17) is 32.9 Å². The first kappa shape index (κ1) is 23.9. The number of aromatic nitrogens is 2. The third-order valence-electron chi connectivity index (χ3n) is 8.44. The first-order chi connectivity index (χ1) is 17.1. The van der Waals surface area contributed by atoms with Crippen LogP contribution < -0.4 is 15.8 Å². The van der Waals surface area contributed by atoms with E-state index in [9.17, 15) is 0 Å². The number of hydrogen-bond acceptors (Lipinski definition) is 7. The lowest BCUT2D eigenvalue weighted by atomic mass is 9.78. The van der Waals surface area contributed by atoms with Gasteiger partial charge in [-0.2, -0.15) is 0 Å². The van der Waals surface area contributed by atoms with Crippen molar-refractivity contribution >= 4 is 29.0 Å².